The van der Waals surface area contributed by atoms with Gasteiger partial charge in [-0.05, 0) is 31.0 Å². The van der Waals surface area contributed by atoms with Crippen LogP contribution >= 0.6 is 11.6 Å². The van der Waals surface area contributed by atoms with Gasteiger partial charge in [-0.1, -0.05) is 31.0 Å². The molecule has 0 radical (unpaired) electrons. The average molecular weight is 265 g/mol. The Hall–Kier alpha value is -1.32. The summed E-state index contributed by atoms with van der Waals surface area (Å²) in [5, 5.41) is 14.4. The lowest BCUT2D eigenvalue weighted by atomic mass is 10.1. The van der Waals surface area contributed by atoms with Gasteiger partial charge in [0, 0.05) is 16.3 Å². The van der Waals surface area contributed by atoms with E-state index in [1.165, 1.54) is 0 Å². The molecule has 0 saturated heterocycles. The van der Waals surface area contributed by atoms with Crippen LogP contribution in [-0.2, 0) is 13.0 Å². The Morgan fingerprint density at radius 3 is 2.78 bits per heavy atom. The molecule has 1 aromatic heterocycles. The van der Waals surface area contributed by atoms with Crippen LogP contribution in [0.5, 0.6) is 0 Å². The molecule has 0 aliphatic heterocycles. The Morgan fingerprint density at radius 2 is 2.17 bits per heavy atom. The summed E-state index contributed by atoms with van der Waals surface area (Å²) in [4.78, 5) is 0. The van der Waals surface area contributed by atoms with Crippen LogP contribution in [0.3, 0.4) is 0 Å². The van der Waals surface area contributed by atoms with Gasteiger partial charge in [0.15, 0.2) is 0 Å². The molecule has 0 bridgehead atoms. The van der Waals surface area contributed by atoms with Crippen molar-refractivity contribution in [2.24, 2.45) is 0 Å². The molecule has 18 heavy (non-hydrogen) atoms. The molecule has 2 rings (SSSR count). The molecular weight excluding hydrogens is 248 g/mol. The number of benzene rings is 1. The quantitative estimate of drug-likeness (QED) is 0.920. The zero-order valence-corrected chi connectivity index (χ0v) is 11.4. The zero-order valence-electron chi connectivity index (χ0n) is 10.7. The summed E-state index contributed by atoms with van der Waals surface area (Å²) < 4.78 is 1.86. The minimum atomic E-state index is 0.0227. The van der Waals surface area contributed by atoms with Crippen molar-refractivity contribution in [2.75, 3.05) is 0 Å². The Labute approximate surface area is 112 Å². The lowest BCUT2D eigenvalue weighted by Crippen LogP contribution is -2.04. The summed E-state index contributed by atoms with van der Waals surface area (Å²) in [6.07, 6.45) is 3.62. The van der Waals surface area contributed by atoms with Gasteiger partial charge in [0.2, 0.25) is 0 Å². The number of aromatic nitrogens is 2. The number of hydrogen-bond donors (Lipinski definition) is 1. The van der Waals surface area contributed by atoms with Crippen molar-refractivity contribution in [3.05, 3.63) is 46.2 Å². The summed E-state index contributed by atoms with van der Waals surface area (Å²) in [6.45, 7) is 4.11. The second kappa shape index (κ2) is 5.55. The lowest BCUT2D eigenvalue weighted by molar-refractivity contribution is 0.280. The van der Waals surface area contributed by atoms with Crippen molar-refractivity contribution in [2.45, 2.75) is 33.3 Å². The molecule has 1 heterocycles. The highest BCUT2D eigenvalue weighted by Crippen LogP contribution is 2.22. The van der Waals surface area contributed by atoms with Crippen LogP contribution in [0.2, 0.25) is 5.02 Å². The number of aliphatic hydroxyl groups is 1. The van der Waals surface area contributed by atoms with Crippen molar-refractivity contribution in [3.63, 3.8) is 0 Å². The van der Waals surface area contributed by atoms with Crippen LogP contribution in [0.25, 0.3) is 5.69 Å². The lowest BCUT2D eigenvalue weighted by Gasteiger charge is -2.09. The Kier molecular flexibility index (Phi) is 4.04. The number of halogens is 1. The van der Waals surface area contributed by atoms with E-state index in [1.54, 1.807) is 6.20 Å². The molecule has 4 heteroatoms. The molecule has 0 fully saturated rings. The zero-order chi connectivity index (χ0) is 13.1. The average Bonchev–Trinajstić information content (AvgIpc) is 2.76. The van der Waals surface area contributed by atoms with Crippen LogP contribution in [0, 0.1) is 6.92 Å². The molecule has 2 aromatic rings. The molecule has 0 saturated carbocycles. The topological polar surface area (TPSA) is 38.1 Å². The molecule has 0 unspecified atom stereocenters. The maximum atomic E-state index is 9.32. The third kappa shape index (κ3) is 2.42. The van der Waals surface area contributed by atoms with Gasteiger partial charge in [-0.3, -0.25) is 0 Å². The minimum absolute atomic E-state index is 0.0227. The van der Waals surface area contributed by atoms with E-state index < -0.39 is 0 Å². The number of hydrogen-bond acceptors (Lipinski definition) is 2. The van der Waals surface area contributed by atoms with Gasteiger partial charge in [-0.25, -0.2) is 4.68 Å². The first-order valence-corrected chi connectivity index (χ1v) is 6.48. The van der Waals surface area contributed by atoms with Crippen LogP contribution in [-0.4, -0.2) is 14.9 Å². The van der Waals surface area contributed by atoms with Gasteiger partial charge < -0.3 is 5.11 Å². The minimum Gasteiger partial charge on any atom is -0.392 e. The Balaban J connectivity index is 2.49. The highest BCUT2D eigenvalue weighted by atomic mass is 35.5. The van der Waals surface area contributed by atoms with Crippen LogP contribution in [0.1, 0.15) is 30.2 Å². The highest BCUT2D eigenvalue weighted by molar-refractivity contribution is 6.31. The van der Waals surface area contributed by atoms with Crippen LogP contribution in [0.15, 0.2) is 24.4 Å². The summed E-state index contributed by atoms with van der Waals surface area (Å²) >= 11 is 6.14. The standard InChI is InChI=1S/C14H17ClN2O/c1-3-4-14-11(9-18)8-16-17(14)12-6-5-10(2)13(15)7-12/h5-8,18H,3-4,9H2,1-2H3. The first-order valence-electron chi connectivity index (χ1n) is 6.10. The normalized spacial score (nSPS) is 10.9. The van der Waals surface area contributed by atoms with Crippen molar-refractivity contribution in [3.8, 4) is 5.69 Å². The smallest absolute Gasteiger partial charge is 0.0715 e. The van der Waals surface area contributed by atoms with Gasteiger partial charge in [-0.2, -0.15) is 5.10 Å². The second-order valence-electron chi connectivity index (χ2n) is 4.37. The van der Waals surface area contributed by atoms with E-state index in [1.807, 2.05) is 29.8 Å². The predicted molar refractivity (Wildman–Crippen MR) is 73.2 cm³/mol. The van der Waals surface area contributed by atoms with Gasteiger partial charge in [0.05, 0.1) is 18.5 Å². The van der Waals surface area contributed by atoms with Crippen molar-refractivity contribution >= 4 is 11.6 Å². The van der Waals surface area contributed by atoms with Gasteiger partial charge in [0.25, 0.3) is 0 Å². The third-order valence-corrected chi connectivity index (χ3v) is 3.42. The van der Waals surface area contributed by atoms with Gasteiger partial charge in [-0.15, -0.1) is 0 Å². The fourth-order valence-electron chi connectivity index (χ4n) is 1.98. The van der Waals surface area contributed by atoms with Crippen molar-refractivity contribution in [1.82, 2.24) is 9.78 Å². The van der Waals surface area contributed by atoms with Crippen molar-refractivity contribution in [1.29, 1.82) is 0 Å². The molecule has 3 nitrogen and oxygen atoms in total. The van der Waals surface area contributed by atoms with E-state index in [-0.39, 0.29) is 6.61 Å². The highest BCUT2D eigenvalue weighted by Gasteiger charge is 2.11. The fourth-order valence-corrected chi connectivity index (χ4v) is 2.15. The van der Waals surface area contributed by atoms with E-state index in [0.29, 0.717) is 0 Å². The van der Waals surface area contributed by atoms with E-state index in [4.69, 9.17) is 11.6 Å². The monoisotopic (exact) mass is 264 g/mol. The predicted octanol–water partition coefficient (Wildman–Crippen LogP) is 3.28. The summed E-state index contributed by atoms with van der Waals surface area (Å²) in [7, 11) is 0. The maximum Gasteiger partial charge on any atom is 0.0715 e. The van der Waals surface area contributed by atoms with Crippen LogP contribution < -0.4 is 0 Å². The van der Waals surface area contributed by atoms with Crippen LogP contribution in [0.4, 0.5) is 0 Å². The van der Waals surface area contributed by atoms with Gasteiger partial charge >= 0.3 is 0 Å². The fraction of sp³-hybridized carbons (Fsp3) is 0.357. The molecule has 0 atom stereocenters. The Bertz CT molecular complexity index is 549. The Morgan fingerprint density at radius 1 is 1.39 bits per heavy atom. The number of rotatable bonds is 4. The molecule has 0 spiro atoms. The summed E-state index contributed by atoms with van der Waals surface area (Å²) in [5.41, 5.74) is 3.93. The van der Waals surface area contributed by atoms with Crippen molar-refractivity contribution < 1.29 is 5.11 Å². The molecule has 96 valence electrons. The largest absolute Gasteiger partial charge is 0.392 e. The third-order valence-electron chi connectivity index (χ3n) is 3.01. The molecule has 0 aliphatic carbocycles. The number of nitrogens with zero attached hydrogens (tertiary/aromatic N) is 2. The van der Waals surface area contributed by atoms with E-state index >= 15 is 0 Å². The van der Waals surface area contributed by atoms with E-state index in [0.717, 1.165) is 40.4 Å². The first kappa shape index (κ1) is 13.1. The molecule has 0 amide bonds. The summed E-state index contributed by atoms with van der Waals surface area (Å²) in [6, 6.07) is 5.88. The van der Waals surface area contributed by atoms with E-state index in [2.05, 4.69) is 12.0 Å². The molecular formula is C14H17ClN2O. The maximum absolute atomic E-state index is 9.32. The second-order valence-corrected chi connectivity index (χ2v) is 4.78. The van der Waals surface area contributed by atoms with E-state index in [9.17, 15) is 5.11 Å². The number of aryl methyl sites for hydroxylation is 1. The molecule has 1 N–H and O–H groups in total. The molecule has 0 aliphatic rings. The number of aliphatic hydroxyl groups excluding tert-OH is 1. The van der Waals surface area contributed by atoms with Gasteiger partial charge in [0.1, 0.15) is 0 Å². The summed E-state index contributed by atoms with van der Waals surface area (Å²) in [5.74, 6) is 0. The SMILES string of the molecule is CCCc1c(CO)cnn1-c1ccc(C)c(Cl)c1. The first-order chi connectivity index (χ1) is 8.67. The molecule has 1 aromatic carbocycles.